The number of nitrogens with zero attached hydrogens (tertiary/aromatic N) is 1. The van der Waals surface area contributed by atoms with E-state index in [1.165, 1.54) is 32.2 Å². The predicted molar refractivity (Wildman–Crippen MR) is 69.1 cm³/mol. The highest BCUT2D eigenvalue weighted by Gasteiger charge is 2.36. The molecule has 3 aliphatic rings. The summed E-state index contributed by atoms with van der Waals surface area (Å²) >= 11 is 0. The summed E-state index contributed by atoms with van der Waals surface area (Å²) in [5.41, 5.74) is 0.388. The molecular formula is C14H26N2O. The third-order valence-corrected chi connectivity index (χ3v) is 4.22. The highest BCUT2D eigenvalue weighted by atomic mass is 16.5. The predicted octanol–water partition coefficient (Wildman–Crippen LogP) is 1.63. The Hall–Kier alpha value is -0.120. The first-order valence-corrected chi connectivity index (χ1v) is 7.22. The average Bonchev–Trinajstić information content (AvgIpc) is 3.02. The van der Waals surface area contributed by atoms with E-state index in [1.54, 1.807) is 0 Å². The van der Waals surface area contributed by atoms with E-state index in [-0.39, 0.29) is 0 Å². The van der Waals surface area contributed by atoms with Gasteiger partial charge in [0.05, 0.1) is 12.2 Å². The Morgan fingerprint density at radius 3 is 2.35 bits per heavy atom. The third kappa shape index (κ3) is 3.21. The van der Waals surface area contributed by atoms with Gasteiger partial charge < -0.3 is 10.1 Å². The molecule has 2 aliphatic heterocycles. The van der Waals surface area contributed by atoms with E-state index in [4.69, 9.17) is 4.74 Å². The molecule has 0 aromatic carbocycles. The Kier molecular flexibility index (Phi) is 3.18. The van der Waals surface area contributed by atoms with Gasteiger partial charge in [-0.3, -0.25) is 4.90 Å². The molecule has 1 N–H and O–H groups in total. The van der Waals surface area contributed by atoms with Crippen molar-refractivity contribution in [3.8, 4) is 0 Å². The van der Waals surface area contributed by atoms with Gasteiger partial charge in [0.1, 0.15) is 0 Å². The summed E-state index contributed by atoms with van der Waals surface area (Å²) in [5, 5.41) is 3.67. The Bertz CT molecular complexity index is 263. The molecule has 2 bridgehead atoms. The standard InChI is InChI=1S/C14H26N2O/c1-14(2,9-15-11-3-4-11)10-16-7-12-5-6-13(8-16)17-12/h11-13,15H,3-10H2,1-2H3. The maximum Gasteiger partial charge on any atom is 0.0707 e. The molecule has 3 heteroatoms. The van der Waals surface area contributed by atoms with E-state index < -0.39 is 0 Å². The van der Waals surface area contributed by atoms with E-state index in [2.05, 4.69) is 24.1 Å². The summed E-state index contributed by atoms with van der Waals surface area (Å²) < 4.78 is 5.89. The molecule has 2 unspecified atom stereocenters. The summed E-state index contributed by atoms with van der Waals surface area (Å²) in [6.07, 6.45) is 6.39. The van der Waals surface area contributed by atoms with E-state index in [9.17, 15) is 0 Å². The summed E-state index contributed by atoms with van der Waals surface area (Å²) in [7, 11) is 0. The molecule has 3 fully saturated rings. The molecule has 0 aromatic rings. The van der Waals surface area contributed by atoms with Gasteiger partial charge in [0.25, 0.3) is 0 Å². The van der Waals surface area contributed by atoms with Crippen molar-refractivity contribution in [2.45, 2.75) is 57.8 Å². The molecule has 3 nitrogen and oxygen atoms in total. The van der Waals surface area contributed by atoms with Crippen LogP contribution in [0.4, 0.5) is 0 Å². The van der Waals surface area contributed by atoms with Crippen LogP contribution in [0.5, 0.6) is 0 Å². The van der Waals surface area contributed by atoms with Crippen LogP contribution in [0.2, 0.25) is 0 Å². The molecular weight excluding hydrogens is 212 g/mol. The normalized spacial score (nSPS) is 34.2. The van der Waals surface area contributed by atoms with Gasteiger partial charge in [-0.15, -0.1) is 0 Å². The third-order valence-electron chi connectivity index (χ3n) is 4.22. The number of fused-ring (bicyclic) bond motifs is 2. The first kappa shape index (κ1) is 11.9. The van der Waals surface area contributed by atoms with Crippen molar-refractivity contribution < 1.29 is 4.74 Å². The Labute approximate surface area is 105 Å². The SMILES string of the molecule is CC(C)(CNC1CC1)CN1CC2CCC(C1)O2. The van der Waals surface area contributed by atoms with E-state index in [1.807, 2.05) is 0 Å². The van der Waals surface area contributed by atoms with Crippen LogP contribution in [0.1, 0.15) is 39.5 Å². The molecule has 3 rings (SSSR count). The summed E-state index contributed by atoms with van der Waals surface area (Å²) in [4.78, 5) is 2.63. The average molecular weight is 238 g/mol. The molecule has 2 atom stereocenters. The van der Waals surface area contributed by atoms with Crippen LogP contribution in [0, 0.1) is 5.41 Å². The number of ether oxygens (including phenoxy) is 1. The second-order valence-electron chi connectivity index (χ2n) is 6.97. The second-order valence-corrected chi connectivity index (χ2v) is 6.97. The topological polar surface area (TPSA) is 24.5 Å². The number of hydrogen-bond donors (Lipinski definition) is 1. The lowest BCUT2D eigenvalue weighted by atomic mass is 9.92. The number of morpholine rings is 1. The molecule has 1 saturated carbocycles. The van der Waals surface area contributed by atoms with Crippen LogP contribution in [-0.2, 0) is 4.74 Å². The zero-order valence-electron chi connectivity index (χ0n) is 11.2. The molecule has 2 saturated heterocycles. The van der Waals surface area contributed by atoms with E-state index >= 15 is 0 Å². The van der Waals surface area contributed by atoms with Crippen LogP contribution in [0.15, 0.2) is 0 Å². The lowest BCUT2D eigenvalue weighted by Crippen LogP contribution is -2.48. The van der Waals surface area contributed by atoms with E-state index in [0.717, 1.165) is 25.7 Å². The van der Waals surface area contributed by atoms with Crippen molar-refractivity contribution in [1.29, 1.82) is 0 Å². The van der Waals surface area contributed by atoms with Gasteiger partial charge in [0.2, 0.25) is 0 Å². The zero-order valence-corrected chi connectivity index (χ0v) is 11.2. The fourth-order valence-electron chi connectivity index (χ4n) is 3.20. The largest absolute Gasteiger partial charge is 0.372 e. The molecule has 98 valence electrons. The van der Waals surface area contributed by atoms with Crippen molar-refractivity contribution in [2.75, 3.05) is 26.2 Å². The van der Waals surface area contributed by atoms with Crippen molar-refractivity contribution >= 4 is 0 Å². The number of rotatable bonds is 5. The molecule has 1 aliphatic carbocycles. The van der Waals surface area contributed by atoms with Gasteiger partial charge >= 0.3 is 0 Å². The van der Waals surface area contributed by atoms with Crippen molar-refractivity contribution in [2.24, 2.45) is 5.41 Å². The maximum absolute atomic E-state index is 5.89. The van der Waals surface area contributed by atoms with Crippen LogP contribution in [-0.4, -0.2) is 49.3 Å². The minimum absolute atomic E-state index is 0.388. The summed E-state index contributed by atoms with van der Waals surface area (Å²) in [5.74, 6) is 0. The van der Waals surface area contributed by atoms with E-state index in [0.29, 0.717) is 17.6 Å². The quantitative estimate of drug-likeness (QED) is 0.788. The fourth-order valence-corrected chi connectivity index (χ4v) is 3.20. The second kappa shape index (κ2) is 4.52. The van der Waals surface area contributed by atoms with Crippen LogP contribution in [0.3, 0.4) is 0 Å². The van der Waals surface area contributed by atoms with Gasteiger partial charge in [-0.05, 0) is 31.1 Å². The molecule has 0 aromatic heterocycles. The summed E-state index contributed by atoms with van der Waals surface area (Å²) in [6, 6.07) is 0.829. The van der Waals surface area contributed by atoms with Crippen molar-refractivity contribution in [3.05, 3.63) is 0 Å². The highest BCUT2D eigenvalue weighted by molar-refractivity contribution is 4.89. The van der Waals surface area contributed by atoms with Crippen molar-refractivity contribution in [3.63, 3.8) is 0 Å². The zero-order chi connectivity index (χ0) is 11.9. The number of likely N-dealkylation sites (tertiary alicyclic amines) is 1. The Morgan fingerprint density at radius 1 is 1.12 bits per heavy atom. The molecule has 17 heavy (non-hydrogen) atoms. The van der Waals surface area contributed by atoms with Gasteiger partial charge in [0, 0.05) is 32.2 Å². The van der Waals surface area contributed by atoms with Crippen LogP contribution < -0.4 is 5.32 Å². The van der Waals surface area contributed by atoms with Crippen molar-refractivity contribution in [1.82, 2.24) is 10.2 Å². The fraction of sp³-hybridized carbons (Fsp3) is 1.00. The Morgan fingerprint density at radius 2 is 1.76 bits per heavy atom. The van der Waals surface area contributed by atoms with Gasteiger partial charge in [0.15, 0.2) is 0 Å². The van der Waals surface area contributed by atoms with Gasteiger partial charge in [-0.25, -0.2) is 0 Å². The molecule has 0 spiro atoms. The number of hydrogen-bond acceptors (Lipinski definition) is 3. The molecule has 2 heterocycles. The molecule has 0 amide bonds. The highest BCUT2D eigenvalue weighted by Crippen LogP contribution is 2.29. The minimum atomic E-state index is 0.388. The van der Waals surface area contributed by atoms with Crippen LogP contribution in [0.25, 0.3) is 0 Å². The first-order valence-electron chi connectivity index (χ1n) is 7.22. The molecule has 0 radical (unpaired) electrons. The number of nitrogens with one attached hydrogen (secondary N) is 1. The van der Waals surface area contributed by atoms with Gasteiger partial charge in [-0.1, -0.05) is 13.8 Å². The van der Waals surface area contributed by atoms with Gasteiger partial charge in [-0.2, -0.15) is 0 Å². The first-order chi connectivity index (χ1) is 8.11. The maximum atomic E-state index is 5.89. The minimum Gasteiger partial charge on any atom is -0.372 e. The van der Waals surface area contributed by atoms with Crippen LogP contribution >= 0.6 is 0 Å². The Balaban J connectivity index is 1.47. The monoisotopic (exact) mass is 238 g/mol. The smallest absolute Gasteiger partial charge is 0.0707 e. The lowest BCUT2D eigenvalue weighted by Gasteiger charge is -2.37. The lowest BCUT2D eigenvalue weighted by molar-refractivity contribution is -0.0477. The summed E-state index contributed by atoms with van der Waals surface area (Å²) in [6.45, 7) is 9.46.